The highest BCUT2D eigenvalue weighted by Gasteiger charge is 2.41. The lowest BCUT2D eigenvalue weighted by Gasteiger charge is -2.32. The fourth-order valence-corrected chi connectivity index (χ4v) is 2.76. The summed E-state index contributed by atoms with van der Waals surface area (Å²) in [6.45, 7) is 2.04. The van der Waals surface area contributed by atoms with Crippen molar-refractivity contribution in [1.82, 2.24) is 5.32 Å². The summed E-state index contributed by atoms with van der Waals surface area (Å²) < 4.78 is 43.1. The minimum atomic E-state index is -4.03. The molecule has 1 atom stereocenters. The molecule has 0 aliphatic heterocycles. The third kappa shape index (κ3) is 3.75. The maximum Gasteiger partial charge on any atom is 0.391 e. The summed E-state index contributed by atoms with van der Waals surface area (Å²) in [5, 5.41) is 3.42. The van der Waals surface area contributed by atoms with E-state index in [2.05, 4.69) is 5.32 Å². The van der Waals surface area contributed by atoms with E-state index in [4.69, 9.17) is 4.42 Å². The van der Waals surface area contributed by atoms with Crippen LogP contribution in [0.25, 0.3) is 0 Å². The topological polar surface area (TPSA) is 25.2 Å². The smallest absolute Gasteiger partial charge is 0.391 e. The zero-order valence-electron chi connectivity index (χ0n) is 11.0. The molecule has 1 N–H and O–H groups in total. The minimum absolute atomic E-state index is 0.0995. The molecule has 0 aromatic carbocycles. The summed E-state index contributed by atoms with van der Waals surface area (Å²) in [6, 6.07) is 4.00. The lowest BCUT2D eigenvalue weighted by atomic mass is 9.85. The summed E-state index contributed by atoms with van der Waals surface area (Å²) in [5.74, 6) is -0.255. The van der Waals surface area contributed by atoms with Gasteiger partial charge in [0.25, 0.3) is 0 Å². The Morgan fingerprint density at radius 2 is 2.00 bits per heavy atom. The van der Waals surface area contributed by atoms with E-state index >= 15 is 0 Å². The van der Waals surface area contributed by atoms with Crippen LogP contribution in [-0.4, -0.2) is 12.2 Å². The standard InChI is InChI=1S/C14H20F3NO/c1-2-12(13-4-3-9-19-13)18-11-7-5-10(6-8-11)14(15,16)17/h3-4,9-12,18H,2,5-8H2,1H3. The number of hydrogen-bond donors (Lipinski definition) is 1. The van der Waals surface area contributed by atoms with E-state index in [9.17, 15) is 13.2 Å². The third-order valence-corrected chi connectivity index (χ3v) is 3.92. The zero-order chi connectivity index (χ0) is 13.9. The maximum atomic E-state index is 12.6. The van der Waals surface area contributed by atoms with Gasteiger partial charge >= 0.3 is 6.18 Å². The average molecular weight is 275 g/mol. The molecule has 19 heavy (non-hydrogen) atoms. The molecule has 1 saturated carbocycles. The van der Waals surface area contributed by atoms with Gasteiger partial charge in [-0.1, -0.05) is 6.92 Å². The first-order valence-corrected chi connectivity index (χ1v) is 6.87. The van der Waals surface area contributed by atoms with Gasteiger partial charge in [-0.15, -0.1) is 0 Å². The Bertz CT molecular complexity index is 367. The first kappa shape index (κ1) is 14.4. The molecule has 0 saturated heterocycles. The van der Waals surface area contributed by atoms with Crippen LogP contribution in [0.15, 0.2) is 22.8 Å². The van der Waals surface area contributed by atoms with E-state index in [1.54, 1.807) is 6.26 Å². The van der Waals surface area contributed by atoms with Gasteiger partial charge in [0.05, 0.1) is 18.2 Å². The van der Waals surface area contributed by atoms with Crippen molar-refractivity contribution in [1.29, 1.82) is 0 Å². The number of hydrogen-bond acceptors (Lipinski definition) is 2. The number of halogens is 3. The second kappa shape index (κ2) is 5.99. The van der Waals surface area contributed by atoms with Gasteiger partial charge in [-0.05, 0) is 44.2 Å². The van der Waals surface area contributed by atoms with Crippen LogP contribution in [0, 0.1) is 5.92 Å². The van der Waals surface area contributed by atoms with Crippen molar-refractivity contribution in [2.24, 2.45) is 5.92 Å². The first-order chi connectivity index (χ1) is 9.00. The van der Waals surface area contributed by atoms with Crippen LogP contribution in [0.1, 0.15) is 50.8 Å². The maximum absolute atomic E-state index is 12.6. The van der Waals surface area contributed by atoms with Crippen LogP contribution in [0.3, 0.4) is 0 Å². The second-order valence-corrected chi connectivity index (χ2v) is 5.23. The molecule has 1 aromatic rings. The molecule has 1 heterocycles. The molecule has 5 heteroatoms. The average Bonchev–Trinajstić information content (AvgIpc) is 2.89. The van der Waals surface area contributed by atoms with Crippen LogP contribution in [0.2, 0.25) is 0 Å². The highest BCUT2D eigenvalue weighted by Crippen LogP contribution is 2.38. The Hall–Kier alpha value is -0.970. The lowest BCUT2D eigenvalue weighted by Crippen LogP contribution is -2.38. The Kier molecular flexibility index (Phi) is 4.55. The molecule has 2 rings (SSSR count). The SMILES string of the molecule is CCC(NC1CCC(C(F)(F)F)CC1)c1ccco1. The van der Waals surface area contributed by atoms with Gasteiger partial charge in [0, 0.05) is 6.04 Å². The quantitative estimate of drug-likeness (QED) is 0.878. The predicted octanol–water partition coefficient (Wildman–Crippen LogP) is 4.44. The van der Waals surface area contributed by atoms with E-state index in [1.807, 2.05) is 19.1 Å². The van der Waals surface area contributed by atoms with E-state index in [-0.39, 0.29) is 24.9 Å². The van der Waals surface area contributed by atoms with Crippen molar-refractivity contribution in [2.45, 2.75) is 57.3 Å². The Morgan fingerprint density at radius 3 is 2.47 bits per heavy atom. The molecule has 108 valence electrons. The lowest BCUT2D eigenvalue weighted by molar-refractivity contribution is -0.182. The van der Waals surface area contributed by atoms with Gasteiger partial charge in [-0.2, -0.15) is 13.2 Å². The third-order valence-electron chi connectivity index (χ3n) is 3.92. The zero-order valence-corrected chi connectivity index (χ0v) is 11.0. The van der Waals surface area contributed by atoms with Crippen LogP contribution < -0.4 is 5.32 Å². The summed E-state index contributed by atoms with van der Waals surface area (Å²) in [4.78, 5) is 0. The van der Waals surface area contributed by atoms with Crippen LogP contribution >= 0.6 is 0 Å². The highest BCUT2D eigenvalue weighted by molar-refractivity contribution is 5.04. The molecule has 2 nitrogen and oxygen atoms in total. The monoisotopic (exact) mass is 275 g/mol. The molecule has 0 amide bonds. The molecule has 1 aliphatic rings. The van der Waals surface area contributed by atoms with E-state index < -0.39 is 12.1 Å². The van der Waals surface area contributed by atoms with Gasteiger partial charge in [-0.3, -0.25) is 0 Å². The normalized spacial score (nSPS) is 26.3. The van der Waals surface area contributed by atoms with E-state index in [0.717, 1.165) is 12.2 Å². The highest BCUT2D eigenvalue weighted by atomic mass is 19.4. The molecule has 1 aromatic heterocycles. The summed E-state index contributed by atoms with van der Waals surface area (Å²) in [6.07, 6.45) is 0.0946. The number of nitrogens with one attached hydrogen (secondary N) is 1. The molecular weight excluding hydrogens is 255 g/mol. The largest absolute Gasteiger partial charge is 0.468 e. The van der Waals surface area contributed by atoms with Crippen molar-refractivity contribution in [2.75, 3.05) is 0 Å². The van der Waals surface area contributed by atoms with Crippen LogP contribution in [0.4, 0.5) is 13.2 Å². The van der Waals surface area contributed by atoms with Gasteiger partial charge in [0.1, 0.15) is 5.76 Å². The number of rotatable bonds is 4. The minimum Gasteiger partial charge on any atom is -0.468 e. The second-order valence-electron chi connectivity index (χ2n) is 5.23. The Labute approximate surface area is 111 Å². The fourth-order valence-electron chi connectivity index (χ4n) is 2.76. The van der Waals surface area contributed by atoms with Gasteiger partial charge in [0.2, 0.25) is 0 Å². The predicted molar refractivity (Wildman–Crippen MR) is 66.7 cm³/mol. The van der Waals surface area contributed by atoms with Crippen molar-refractivity contribution in [3.63, 3.8) is 0 Å². The summed E-state index contributed by atoms with van der Waals surface area (Å²) >= 11 is 0. The molecule has 0 bridgehead atoms. The van der Waals surface area contributed by atoms with Crippen molar-refractivity contribution >= 4 is 0 Å². The fraction of sp³-hybridized carbons (Fsp3) is 0.714. The molecule has 1 unspecified atom stereocenters. The summed E-state index contributed by atoms with van der Waals surface area (Å²) in [7, 11) is 0. The molecule has 0 spiro atoms. The number of alkyl halides is 3. The van der Waals surface area contributed by atoms with Gasteiger partial charge < -0.3 is 9.73 Å². The van der Waals surface area contributed by atoms with Crippen molar-refractivity contribution < 1.29 is 17.6 Å². The van der Waals surface area contributed by atoms with Crippen LogP contribution in [0.5, 0.6) is 0 Å². The Morgan fingerprint density at radius 1 is 1.32 bits per heavy atom. The molecule has 1 aliphatic carbocycles. The van der Waals surface area contributed by atoms with E-state index in [1.165, 1.54) is 0 Å². The number of furan rings is 1. The summed E-state index contributed by atoms with van der Waals surface area (Å²) in [5.41, 5.74) is 0. The first-order valence-electron chi connectivity index (χ1n) is 6.87. The Balaban J connectivity index is 1.85. The van der Waals surface area contributed by atoms with Gasteiger partial charge in [-0.25, -0.2) is 0 Å². The van der Waals surface area contributed by atoms with Gasteiger partial charge in [0.15, 0.2) is 0 Å². The van der Waals surface area contributed by atoms with Crippen LogP contribution in [-0.2, 0) is 0 Å². The van der Waals surface area contributed by atoms with Crippen molar-refractivity contribution in [3.8, 4) is 0 Å². The molecule has 0 radical (unpaired) electrons. The van der Waals surface area contributed by atoms with E-state index in [0.29, 0.717) is 12.8 Å². The van der Waals surface area contributed by atoms with Crippen molar-refractivity contribution in [3.05, 3.63) is 24.2 Å². The molecule has 1 fully saturated rings. The molecular formula is C14H20F3NO.